The van der Waals surface area contributed by atoms with Gasteiger partial charge >= 0.3 is 0 Å². The summed E-state index contributed by atoms with van der Waals surface area (Å²) in [5, 5.41) is 7.57. The van der Waals surface area contributed by atoms with Crippen LogP contribution in [-0.2, 0) is 23.4 Å². The highest BCUT2D eigenvalue weighted by molar-refractivity contribution is 7.90. The first kappa shape index (κ1) is 19.2. The van der Waals surface area contributed by atoms with E-state index in [1.54, 1.807) is 11.8 Å². The van der Waals surface area contributed by atoms with Gasteiger partial charge in [0.25, 0.3) is 0 Å². The number of ether oxygens (including phenoxy) is 1. The fraction of sp³-hybridized carbons (Fsp3) is 0.750. The first-order valence-corrected chi connectivity index (χ1v) is 8.30. The number of sulfone groups is 1. The van der Waals surface area contributed by atoms with Crippen LogP contribution in [0.1, 0.15) is 31.0 Å². The largest absolute Gasteiger partial charge is 0.481 e. The third kappa shape index (κ3) is 5.30. The zero-order chi connectivity index (χ0) is 14.6. The van der Waals surface area contributed by atoms with E-state index in [-0.39, 0.29) is 18.2 Å². The van der Waals surface area contributed by atoms with Crippen LogP contribution in [0.5, 0.6) is 5.88 Å². The zero-order valence-corrected chi connectivity index (χ0v) is 14.3. The first-order valence-electron chi connectivity index (χ1n) is 6.24. The van der Waals surface area contributed by atoms with E-state index in [1.165, 1.54) is 6.26 Å². The first-order chi connectivity index (χ1) is 8.76. The summed E-state index contributed by atoms with van der Waals surface area (Å²) in [5.41, 5.74) is 1.97. The second-order valence-electron chi connectivity index (χ2n) is 4.96. The monoisotopic (exact) mass is 325 g/mol. The van der Waals surface area contributed by atoms with Crippen LogP contribution in [0, 0.1) is 0 Å². The van der Waals surface area contributed by atoms with Gasteiger partial charge in [-0.1, -0.05) is 13.8 Å². The van der Waals surface area contributed by atoms with Gasteiger partial charge in [0.05, 0.1) is 24.1 Å². The van der Waals surface area contributed by atoms with Crippen molar-refractivity contribution in [1.29, 1.82) is 0 Å². The molecule has 0 saturated heterocycles. The smallest absolute Gasteiger partial charge is 0.216 e. The Morgan fingerprint density at radius 3 is 2.45 bits per heavy atom. The molecule has 1 aromatic heterocycles. The van der Waals surface area contributed by atoms with E-state index in [9.17, 15) is 8.42 Å². The zero-order valence-electron chi connectivity index (χ0n) is 12.6. The number of hydrogen-bond donors (Lipinski definition) is 1. The highest BCUT2D eigenvalue weighted by atomic mass is 35.5. The van der Waals surface area contributed by atoms with Crippen LogP contribution in [0.4, 0.5) is 0 Å². The summed E-state index contributed by atoms with van der Waals surface area (Å²) in [7, 11) is 0.520. The second-order valence-corrected chi connectivity index (χ2v) is 7.22. The highest BCUT2D eigenvalue weighted by Crippen LogP contribution is 2.26. The number of rotatable bonds is 7. The van der Waals surface area contributed by atoms with Crippen LogP contribution in [0.3, 0.4) is 0 Å². The van der Waals surface area contributed by atoms with E-state index < -0.39 is 9.84 Å². The van der Waals surface area contributed by atoms with Crippen molar-refractivity contribution in [3.8, 4) is 5.88 Å². The predicted molar refractivity (Wildman–Crippen MR) is 82.5 cm³/mol. The summed E-state index contributed by atoms with van der Waals surface area (Å²) >= 11 is 0. The summed E-state index contributed by atoms with van der Waals surface area (Å²) in [6, 6.07) is 0. The molecule has 0 spiro atoms. The maximum Gasteiger partial charge on any atom is 0.216 e. The lowest BCUT2D eigenvalue weighted by molar-refractivity contribution is 0.368. The van der Waals surface area contributed by atoms with Gasteiger partial charge in [-0.25, -0.2) is 13.1 Å². The molecule has 1 N–H and O–H groups in total. The lowest BCUT2D eigenvalue weighted by atomic mass is 10.1. The van der Waals surface area contributed by atoms with Crippen LogP contribution >= 0.6 is 12.4 Å². The molecule has 1 heterocycles. The molecule has 0 atom stereocenters. The summed E-state index contributed by atoms with van der Waals surface area (Å²) in [6.07, 6.45) is 1.24. The van der Waals surface area contributed by atoms with Gasteiger partial charge in [0, 0.05) is 26.4 Å². The molecule has 0 amide bonds. The molecule has 0 saturated carbocycles. The third-order valence-corrected chi connectivity index (χ3v) is 3.76. The average molecular weight is 326 g/mol. The molecule has 0 fully saturated rings. The number of methoxy groups -OCH3 is 1. The van der Waals surface area contributed by atoms with Crippen molar-refractivity contribution in [1.82, 2.24) is 15.1 Å². The van der Waals surface area contributed by atoms with Crippen molar-refractivity contribution in [2.75, 3.05) is 25.7 Å². The molecule has 0 aliphatic carbocycles. The van der Waals surface area contributed by atoms with E-state index in [2.05, 4.69) is 24.3 Å². The molecule has 0 unspecified atom stereocenters. The molecule has 118 valence electrons. The van der Waals surface area contributed by atoms with Gasteiger partial charge in [0.1, 0.15) is 9.84 Å². The average Bonchev–Trinajstić information content (AvgIpc) is 2.60. The van der Waals surface area contributed by atoms with Gasteiger partial charge in [-0.05, 0) is 5.92 Å². The number of nitrogens with one attached hydrogen (secondary N) is 1. The Morgan fingerprint density at radius 2 is 2.00 bits per heavy atom. The molecule has 0 radical (unpaired) electrons. The predicted octanol–water partition coefficient (Wildman–Crippen LogP) is 1.11. The topological polar surface area (TPSA) is 73.2 Å². The van der Waals surface area contributed by atoms with Gasteiger partial charge in [0.15, 0.2) is 0 Å². The van der Waals surface area contributed by atoms with Crippen molar-refractivity contribution >= 4 is 22.2 Å². The maximum atomic E-state index is 11.1. The van der Waals surface area contributed by atoms with Crippen LogP contribution < -0.4 is 10.1 Å². The Balaban J connectivity index is 0.00000361. The Morgan fingerprint density at radius 1 is 1.40 bits per heavy atom. The number of halogens is 1. The van der Waals surface area contributed by atoms with Crippen molar-refractivity contribution in [2.45, 2.75) is 26.3 Å². The molecule has 0 aliphatic rings. The molecule has 1 aromatic rings. The van der Waals surface area contributed by atoms with Gasteiger partial charge < -0.3 is 10.1 Å². The Kier molecular flexibility index (Phi) is 7.54. The van der Waals surface area contributed by atoms with E-state index in [1.807, 2.05) is 7.05 Å². The maximum absolute atomic E-state index is 11.1. The van der Waals surface area contributed by atoms with Crippen LogP contribution in [0.25, 0.3) is 0 Å². The SMILES string of the molecule is COc1c(CNCCS(C)(=O)=O)c(C(C)C)nn1C.Cl. The van der Waals surface area contributed by atoms with Crippen molar-refractivity contribution in [2.24, 2.45) is 7.05 Å². The van der Waals surface area contributed by atoms with Crippen LogP contribution in [0.2, 0.25) is 0 Å². The highest BCUT2D eigenvalue weighted by Gasteiger charge is 2.18. The number of hydrogen-bond acceptors (Lipinski definition) is 5. The van der Waals surface area contributed by atoms with Crippen molar-refractivity contribution in [3.05, 3.63) is 11.3 Å². The van der Waals surface area contributed by atoms with Gasteiger partial charge in [0.2, 0.25) is 5.88 Å². The molecule has 20 heavy (non-hydrogen) atoms. The van der Waals surface area contributed by atoms with Crippen LogP contribution in [0.15, 0.2) is 0 Å². The lowest BCUT2D eigenvalue weighted by Crippen LogP contribution is -2.22. The van der Waals surface area contributed by atoms with Crippen LogP contribution in [-0.4, -0.2) is 43.9 Å². The van der Waals surface area contributed by atoms with E-state index >= 15 is 0 Å². The number of nitrogens with zero attached hydrogens (tertiary/aromatic N) is 2. The Labute approximate surface area is 127 Å². The van der Waals surface area contributed by atoms with Gasteiger partial charge in [-0.3, -0.25) is 0 Å². The fourth-order valence-electron chi connectivity index (χ4n) is 1.93. The fourth-order valence-corrected chi connectivity index (χ4v) is 2.44. The standard InChI is InChI=1S/C12H23N3O3S.ClH/c1-9(2)11-10(12(18-4)15(3)14-11)8-13-6-7-19(5,16)17;/h9,13H,6-8H2,1-5H3;1H. The molecule has 6 nitrogen and oxygen atoms in total. The molecular weight excluding hydrogens is 302 g/mol. The molecule has 0 aromatic carbocycles. The van der Waals surface area contributed by atoms with E-state index in [0.717, 1.165) is 17.1 Å². The van der Waals surface area contributed by atoms with E-state index in [4.69, 9.17) is 4.74 Å². The second kappa shape index (κ2) is 7.85. The molecule has 0 bridgehead atoms. The number of aryl methyl sites for hydroxylation is 1. The minimum absolute atomic E-state index is 0. The Hall–Kier alpha value is -0.790. The summed E-state index contributed by atoms with van der Waals surface area (Å²) < 4.78 is 29.2. The minimum atomic E-state index is -2.93. The summed E-state index contributed by atoms with van der Waals surface area (Å²) in [4.78, 5) is 0. The van der Waals surface area contributed by atoms with E-state index in [0.29, 0.717) is 19.0 Å². The van der Waals surface area contributed by atoms with Gasteiger partial charge in [-0.2, -0.15) is 5.10 Å². The Bertz CT molecular complexity index is 526. The van der Waals surface area contributed by atoms with Crippen molar-refractivity contribution < 1.29 is 13.2 Å². The molecule has 8 heteroatoms. The quantitative estimate of drug-likeness (QED) is 0.760. The normalized spacial score (nSPS) is 11.5. The summed E-state index contributed by atoms with van der Waals surface area (Å²) in [6.45, 7) is 5.12. The summed E-state index contributed by atoms with van der Waals surface area (Å²) in [5.74, 6) is 1.14. The number of aromatic nitrogens is 2. The lowest BCUT2D eigenvalue weighted by Gasteiger charge is -2.08. The van der Waals surface area contributed by atoms with Gasteiger partial charge in [-0.15, -0.1) is 12.4 Å². The minimum Gasteiger partial charge on any atom is -0.481 e. The van der Waals surface area contributed by atoms with Crippen molar-refractivity contribution in [3.63, 3.8) is 0 Å². The molecule has 1 rings (SSSR count). The molecule has 0 aliphatic heterocycles. The molecular formula is C12H24ClN3O3S. The third-order valence-electron chi connectivity index (χ3n) is 2.81.